The molecule has 0 saturated carbocycles. The predicted octanol–water partition coefficient (Wildman–Crippen LogP) is 4.55. The van der Waals surface area contributed by atoms with Crippen molar-refractivity contribution in [1.82, 2.24) is 9.21 Å². The molecular weight excluding hydrogens is 458 g/mol. The molecule has 1 aliphatic rings. The van der Waals surface area contributed by atoms with Gasteiger partial charge < -0.3 is 9.64 Å². The Morgan fingerprint density at radius 3 is 2.27 bits per heavy atom. The summed E-state index contributed by atoms with van der Waals surface area (Å²) >= 11 is 6.04. The fourth-order valence-electron chi connectivity index (χ4n) is 3.78. The van der Waals surface area contributed by atoms with Crippen LogP contribution < -0.4 is 4.74 Å². The van der Waals surface area contributed by atoms with Crippen molar-refractivity contribution in [3.05, 3.63) is 88.9 Å². The van der Waals surface area contributed by atoms with Crippen molar-refractivity contribution in [2.75, 3.05) is 32.7 Å². The van der Waals surface area contributed by atoms with E-state index in [9.17, 15) is 13.7 Å². The highest BCUT2D eigenvalue weighted by molar-refractivity contribution is 7.89. The van der Waals surface area contributed by atoms with Crippen LogP contribution in [0.4, 0.5) is 0 Å². The number of halogens is 1. The van der Waals surface area contributed by atoms with Crippen LogP contribution in [0.5, 0.6) is 11.5 Å². The lowest BCUT2D eigenvalue weighted by Gasteiger charge is -2.34. The van der Waals surface area contributed by atoms with E-state index >= 15 is 0 Å². The van der Waals surface area contributed by atoms with Crippen molar-refractivity contribution in [2.24, 2.45) is 0 Å². The van der Waals surface area contributed by atoms with Crippen molar-refractivity contribution < 1.29 is 13.2 Å². The SMILES string of the molecule is N#Cc1c(Cl)cccc1Oc1ccc(S(=O)(=O)N2CCN(CCc3ccccc3)CC2)cc1. The van der Waals surface area contributed by atoms with Crippen LogP contribution in [0.15, 0.2) is 77.7 Å². The first-order chi connectivity index (χ1) is 16.0. The molecule has 1 saturated heterocycles. The monoisotopic (exact) mass is 481 g/mol. The fraction of sp³-hybridized carbons (Fsp3) is 0.240. The summed E-state index contributed by atoms with van der Waals surface area (Å²) in [6, 6.07) is 23.5. The Bertz CT molecular complexity index is 1230. The summed E-state index contributed by atoms with van der Waals surface area (Å²) in [5.41, 5.74) is 1.52. The number of rotatable bonds is 7. The second-order valence-corrected chi connectivity index (χ2v) is 10.1. The molecule has 33 heavy (non-hydrogen) atoms. The molecule has 0 N–H and O–H groups in total. The van der Waals surface area contributed by atoms with E-state index < -0.39 is 10.0 Å². The molecule has 0 aliphatic carbocycles. The summed E-state index contributed by atoms with van der Waals surface area (Å²) in [6.45, 7) is 3.25. The number of nitrogens with zero attached hydrogens (tertiary/aromatic N) is 3. The molecule has 0 unspecified atom stereocenters. The number of ether oxygens (including phenoxy) is 1. The zero-order chi connectivity index (χ0) is 23.3. The quantitative estimate of drug-likeness (QED) is 0.495. The lowest BCUT2D eigenvalue weighted by atomic mass is 10.1. The largest absolute Gasteiger partial charge is 0.456 e. The molecule has 1 aliphatic heterocycles. The molecule has 8 heteroatoms. The van der Waals surface area contributed by atoms with E-state index in [0.717, 1.165) is 13.0 Å². The molecule has 1 fully saturated rings. The van der Waals surface area contributed by atoms with Gasteiger partial charge in [-0.05, 0) is 48.4 Å². The summed E-state index contributed by atoms with van der Waals surface area (Å²) in [5.74, 6) is 0.755. The summed E-state index contributed by atoms with van der Waals surface area (Å²) < 4.78 is 33.5. The van der Waals surface area contributed by atoms with Gasteiger partial charge >= 0.3 is 0 Å². The summed E-state index contributed by atoms with van der Waals surface area (Å²) in [7, 11) is -3.58. The van der Waals surface area contributed by atoms with Gasteiger partial charge in [-0.25, -0.2) is 8.42 Å². The first kappa shape index (κ1) is 23.3. The Hall–Kier alpha value is -2.89. The zero-order valence-corrected chi connectivity index (χ0v) is 19.6. The third kappa shape index (κ3) is 5.55. The third-order valence-electron chi connectivity index (χ3n) is 5.67. The molecule has 0 amide bonds. The second-order valence-electron chi connectivity index (χ2n) is 7.78. The molecule has 170 valence electrons. The van der Waals surface area contributed by atoms with E-state index in [1.165, 1.54) is 22.0 Å². The van der Waals surface area contributed by atoms with Gasteiger partial charge in [0.25, 0.3) is 0 Å². The Kier molecular flexibility index (Phi) is 7.31. The van der Waals surface area contributed by atoms with E-state index in [4.69, 9.17) is 16.3 Å². The van der Waals surface area contributed by atoms with Gasteiger partial charge in [-0.3, -0.25) is 0 Å². The molecule has 0 radical (unpaired) electrons. The van der Waals surface area contributed by atoms with Crippen LogP contribution in [0.1, 0.15) is 11.1 Å². The molecule has 0 bridgehead atoms. The minimum Gasteiger partial charge on any atom is -0.456 e. The fourth-order valence-corrected chi connectivity index (χ4v) is 5.41. The highest BCUT2D eigenvalue weighted by Gasteiger charge is 2.28. The molecule has 0 aromatic heterocycles. The molecule has 4 rings (SSSR count). The number of sulfonamides is 1. The summed E-state index contributed by atoms with van der Waals surface area (Å²) in [4.78, 5) is 2.52. The Balaban J connectivity index is 1.36. The van der Waals surface area contributed by atoms with Gasteiger partial charge in [-0.2, -0.15) is 9.57 Å². The van der Waals surface area contributed by atoms with E-state index in [2.05, 4.69) is 17.0 Å². The minimum absolute atomic E-state index is 0.221. The van der Waals surface area contributed by atoms with E-state index in [1.54, 1.807) is 30.3 Å². The normalized spacial score (nSPS) is 15.2. The van der Waals surface area contributed by atoms with Gasteiger partial charge in [-0.1, -0.05) is 48.0 Å². The molecular formula is C25H24ClN3O3S. The number of hydrogen-bond acceptors (Lipinski definition) is 5. The minimum atomic E-state index is -3.58. The molecule has 0 atom stereocenters. The molecule has 0 spiro atoms. The lowest BCUT2D eigenvalue weighted by molar-refractivity contribution is 0.190. The third-order valence-corrected chi connectivity index (χ3v) is 7.90. The van der Waals surface area contributed by atoms with Crippen LogP contribution in [0.3, 0.4) is 0 Å². The van der Waals surface area contributed by atoms with Crippen molar-refractivity contribution in [3.8, 4) is 17.6 Å². The van der Waals surface area contributed by atoms with Gasteiger partial charge in [0.15, 0.2) is 0 Å². The second kappa shape index (κ2) is 10.4. The Morgan fingerprint density at radius 2 is 1.61 bits per heavy atom. The highest BCUT2D eigenvalue weighted by Crippen LogP contribution is 2.30. The summed E-state index contributed by atoms with van der Waals surface area (Å²) in [5, 5.41) is 9.58. The Morgan fingerprint density at radius 1 is 0.909 bits per heavy atom. The van der Waals surface area contributed by atoms with Gasteiger partial charge in [0.1, 0.15) is 23.1 Å². The van der Waals surface area contributed by atoms with E-state index in [0.29, 0.717) is 42.7 Å². The molecule has 1 heterocycles. The maximum Gasteiger partial charge on any atom is 0.243 e. The molecule has 6 nitrogen and oxygen atoms in total. The number of hydrogen-bond donors (Lipinski definition) is 0. The van der Waals surface area contributed by atoms with E-state index in [1.807, 2.05) is 24.3 Å². The van der Waals surface area contributed by atoms with E-state index in [-0.39, 0.29) is 10.5 Å². The van der Waals surface area contributed by atoms with Gasteiger partial charge in [0.2, 0.25) is 10.0 Å². The van der Waals surface area contributed by atoms with Crippen LogP contribution in [0, 0.1) is 11.3 Å². The van der Waals surface area contributed by atoms with Crippen molar-refractivity contribution in [3.63, 3.8) is 0 Å². The predicted molar refractivity (Wildman–Crippen MR) is 128 cm³/mol. The van der Waals surface area contributed by atoms with Crippen LogP contribution in [0.2, 0.25) is 5.02 Å². The lowest BCUT2D eigenvalue weighted by Crippen LogP contribution is -2.48. The smallest absolute Gasteiger partial charge is 0.243 e. The standard InChI is InChI=1S/C25H24ClN3O3S/c26-24-7-4-8-25(23(24)19-27)32-21-9-11-22(12-10-21)33(30,31)29-17-15-28(16-18-29)14-13-20-5-2-1-3-6-20/h1-12H,13-18H2. The highest BCUT2D eigenvalue weighted by atomic mass is 35.5. The Labute approximate surface area is 199 Å². The van der Waals surface area contributed by atoms with Gasteiger partial charge in [0, 0.05) is 32.7 Å². The number of piperazine rings is 1. The maximum atomic E-state index is 13.1. The first-order valence-corrected chi connectivity index (χ1v) is 12.5. The number of nitriles is 1. The average molecular weight is 482 g/mol. The average Bonchev–Trinajstić information content (AvgIpc) is 2.84. The zero-order valence-electron chi connectivity index (χ0n) is 18.0. The van der Waals surface area contributed by atoms with Crippen LogP contribution in [0.25, 0.3) is 0 Å². The first-order valence-electron chi connectivity index (χ1n) is 10.7. The van der Waals surface area contributed by atoms with Crippen molar-refractivity contribution in [2.45, 2.75) is 11.3 Å². The maximum absolute atomic E-state index is 13.1. The van der Waals surface area contributed by atoms with Crippen molar-refractivity contribution >= 4 is 21.6 Å². The van der Waals surface area contributed by atoms with Crippen LogP contribution in [-0.4, -0.2) is 50.3 Å². The number of benzene rings is 3. The molecule has 3 aromatic rings. The van der Waals surface area contributed by atoms with Crippen LogP contribution in [-0.2, 0) is 16.4 Å². The molecule has 3 aromatic carbocycles. The van der Waals surface area contributed by atoms with Crippen LogP contribution >= 0.6 is 11.6 Å². The van der Waals surface area contributed by atoms with Crippen molar-refractivity contribution in [1.29, 1.82) is 5.26 Å². The van der Waals surface area contributed by atoms with Gasteiger partial charge in [-0.15, -0.1) is 0 Å². The summed E-state index contributed by atoms with van der Waals surface area (Å²) in [6.07, 6.45) is 0.954. The van der Waals surface area contributed by atoms with Gasteiger partial charge in [0.05, 0.1) is 9.92 Å². The topological polar surface area (TPSA) is 73.6 Å².